The lowest BCUT2D eigenvalue weighted by Gasteiger charge is -2.33. The second-order valence-electron chi connectivity index (χ2n) is 9.27. The molecule has 4 rings (SSSR count). The molecule has 2 amide bonds. The van der Waals surface area contributed by atoms with E-state index < -0.39 is 28.5 Å². The number of carbonyl (C=O) groups excluding carboxylic acids is 2. The van der Waals surface area contributed by atoms with E-state index in [2.05, 4.69) is 5.32 Å². The largest absolute Gasteiger partial charge is 0.357 e. The van der Waals surface area contributed by atoms with Crippen LogP contribution in [0, 0.1) is 0 Å². The number of para-hydroxylation sites is 1. The highest BCUT2D eigenvalue weighted by molar-refractivity contribution is 7.92. The van der Waals surface area contributed by atoms with Crippen LogP contribution in [0.4, 0.5) is 5.69 Å². The smallest absolute Gasteiger partial charge is 0.264 e. The van der Waals surface area contributed by atoms with Gasteiger partial charge in [0.1, 0.15) is 12.6 Å². The van der Waals surface area contributed by atoms with Gasteiger partial charge in [0.2, 0.25) is 11.8 Å². The summed E-state index contributed by atoms with van der Waals surface area (Å²) >= 11 is 12.2. The highest BCUT2D eigenvalue weighted by Crippen LogP contribution is 2.26. The molecule has 4 aromatic carbocycles. The molecule has 0 aliphatic heterocycles. The van der Waals surface area contributed by atoms with Crippen molar-refractivity contribution >= 4 is 50.7 Å². The van der Waals surface area contributed by atoms with E-state index in [9.17, 15) is 18.0 Å². The fourth-order valence-electron chi connectivity index (χ4n) is 4.41. The first-order chi connectivity index (χ1) is 19.7. The topological polar surface area (TPSA) is 86.8 Å². The number of benzene rings is 4. The van der Waals surface area contributed by atoms with Gasteiger partial charge < -0.3 is 10.2 Å². The number of nitrogens with one attached hydrogen (secondary N) is 1. The van der Waals surface area contributed by atoms with E-state index in [1.54, 1.807) is 54.6 Å². The second kappa shape index (κ2) is 13.7. The van der Waals surface area contributed by atoms with E-state index in [4.69, 9.17) is 23.2 Å². The van der Waals surface area contributed by atoms with Crippen LogP contribution < -0.4 is 9.62 Å². The summed E-state index contributed by atoms with van der Waals surface area (Å²) in [7, 11) is -2.68. The Morgan fingerprint density at radius 2 is 1.39 bits per heavy atom. The summed E-state index contributed by atoms with van der Waals surface area (Å²) in [5.74, 6) is -0.938. The molecule has 0 fully saturated rings. The molecule has 41 heavy (non-hydrogen) atoms. The van der Waals surface area contributed by atoms with Crippen LogP contribution in [0.2, 0.25) is 10.0 Å². The van der Waals surface area contributed by atoms with Crippen LogP contribution in [0.3, 0.4) is 0 Å². The van der Waals surface area contributed by atoms with E-state index in [1.165, 1.54) is 36.2 Å². The molecule has 4 aromatic rings. The molecule has 10 heteroatoms. The van der Waals surface area contributed by atoms with Gasteiger partial charge in [0.15, 0.2) is 0 Å². The van der Waals surface area contributed by atoms with Crippen molar-refractivity contribution in [2.75, 3.05) is 17.9 Å². The summed E-state index contributed by atoms with van der Waals surface area (Å²) in [6.45, 7) is -0.508. The zero-order valence-electron chi connectivity index (χ0n) is 22.3. The van der Waals surface area contributed by atoms with E-state index in [0.29, 0.717) is 21.3 Å². The van der Waals surface area contributed by atoms with Gasteiger partial charge in [0.05, 0.1) is 10.6 Å². The second-order valence-corrected chi connectivity index (χ2v) is 12.0. The Labute approximate surface area is 250 Å². The third-order valence-corrected chi connectivity index (χ3v) is 8.76. The summed E-state index contributed by atoms with van der Waals surface area (Å²) in [5, 5.41) is 3.52. The molecule has 0 saturated carbocycles. The predicted octanol–water partition coefficient (Wildman–Crippen LogP) is 5.57. The van der Waals surface area contributed by atoms with E-state index >= 15 is 0 Å². The minimum atomic E-state index is -4.18. The Balaban J connectivity index is 1.77. The van der Waals surface area contributed by atoms with Crippen LogP contribution >= 0.6 is 23.2 Å². The number of rotatable bonds is 11. The van der Waals surface area contributed by atoms with Crippen molar-refractivity contribution in [2.45, 2.75) is 23.9 Å². The average molecular weight is 611 g/mol. The van der Waals surface area contributed by atoms with Gasteiger partial charge in [-0.05, 0) is 59.7 Å². The number of amides is 2. The molecule has 1 N–H and O–H groups in total. The monoisotopic (exact) mass is 609 g/mol. The number of carbonyl (C=O) groups is 2. The van der Waals surface area contributed by atoms with Crippen molar-refractivity contribution < 1.29 is 18.0 Å². The molecule has 0 aliphatic rings. The quantitative estimate of drug-likeness (QED) is 0.241. The van der Waals surface area contributed by atoms with Gasteiger partial charge >= 0.3 is 0 Å². The van der Waals surface area contributed by atoms with Crippen LogP contribution in [-0.4, -0.2) is 44.8 Å². The summed E-state index contributed by atoms with van der Waals surface area (Å²) in [4.78, 5) is 28.8. The predicted molar refractivity (Wildman–Crippen MR) is 162 cm³/mol. The van der Waals surface area contributed by atoms with E-state index in [0.717, 1.165) is 9.87 Å². The summed E-state index contributed by atoms with van der Waals surface area (Å²) in [6.07, 6.45) is 0.224. The highest BCUT2D eigenvalue weighted by atomic mass is 35.5. The van der Waals surface area contributed by atoms with Crippen molar-refractivity contribution in [1.82, 2.24) is 10.2 Å². The highest BCUT2D eigenvalue weighted by Gasteiger charge is 2.34. The number of hydrogen-bond donors (Lipinski definition) is 1. The third kappa shape index (κ3) is 7.67. The molecule has 0 heterocycles. The Kier molecular flexibility index (Phi) is 10.0. The maximum atomic E-state index is 14.2. The molecule has 212 valence electrons. The Hall–Kier alpha value is -3.85. The molecular formula is C31H29Cl2N3O4S. The lowest BCUT2D eigenvalue weighted by atomic mass is 10.0. The standard InChI is InChI=1S/C31H29Cl2N3O4S/c1-34-31(38)29(20-23-9-4-2-5-10-23)35(21-24-11-8-12-26(33)19-24)30(37)22-36(27-13-6-3-7-14-27)41(39,40)28-17-15-25(32)16-18-28/h2-19,29H,20-22H2,1H3,(H,34,38). The maximum absolute atomic E-state index is 14.2. The molecule has 0 bridgehead atoms. The first kappa shape index (κ1) is 30.1. The first-order valence-electron chi connectivity index (χ1n) is 12.8. The SMILES string of the molecule is CNC(=O)C(Cc1ccccc1)N(Cc1cccc(Cl)c1)C(=O)CN(c1ccccc1)S(=O)(=O)c1ccc(Cl)cc1. The van der Waals surface area contributed by atoms with Crippen molar-refractivity contribution in [3.8, 4) is 0 Å². The fourth-order valence-corrected chi connectivity index (χ4v) is 6.16. The molecule has 0 aromatic heterocycles. The summed E-state index contributed by atoms with van der Waals surface area (Å²) in [5.41, 5.74) is 1.84. The van der Waals surface area contributed by atoms with Crippen LogP contribution in [0.5, 0.6) is 0 Å². The summed E-state index contributed by atoms with van der Waals surface area (Å²) < 4.78 is 28.8. The Morgan fingerprint density at radius 1 is 0.780 bits per heavy atom. The van der Waals surface area contributed by atoms with E-state index in [1.807, 2.05) is 30.3 Å². The van der Waals surface area contributed by atoms with Gasteiger partial charge in [-0.1, -0.05) is 83.9 Å². The van der Waals surface area contributed by atoms with Gasteiger partial charge in [0.25, 0.3) is 10.0 Å². The number of anilines is 1. The molecule has 7 nitrogen and oxygen atoms in total. The average Bonchev–Trinajstić information content (AvgIpc) is 2.98. The number of sulfonamides is 1. The molecule has 0 saturated heterocycles. The van der Waals surface area contributed by atoms with Gasteiger partial charge in [-0.15, -0.1) is 0 Å². The van der Waals surface area contributed by atoms with Crippen LogP contribution in [0.1, 0.15) is 11.1 Å². The first-order valence-corrected chi connectivity index (χ1v) is 15.0. The van der Waals surface area contributed by atoms with Gasteiger partial charge in [0, 0.05) is 30.1 Å². The zero-order chi connectivity index (χ0) is 29.4. The molecular weight excluding hydrogens is 581 g/mol. The normalized spacial score (nSPS) is 11.9. The number of hydrogen-bond acceptors (Lipinski definition) is 4. The Morgan fingerprint density at radius 3 is 2.00 bits per heavy atom. The van der Waals surface area contributed by atoms with Crippen LogP contribution in [0.25, 0.3) is 0 Å². The number of halogens is 2. The van der Waals surface area contributed by atoms with Gasteiger partial charge in [-0.3, -0.25) is 13.9 Å². The molecule has 1 atom stereocenters. The van der Waals surface area contributed by atoms with Crippen molar-refractivity contribution in [3.05, 3.63) is 130 Å². The van der Waals surface area contributed by atoms with Crippen molar-refractivity contribution in [3.63, 3.8) is 0 Å². The summed E-state index contributed by atoms with van der Waals surface area (Å²) in [6, 6.07) is 29.5. The lowest BCUT2D eigenvalue weighted by Crippen LogP contribution is -2.53. The van der Waals surface area contributed by atoms with Crippen LogP contribution in [0.15, 0.2) is 114 Å². The van der Waals surface area contributed by atoms with Gasteiger partial charge in [-0.2, -0.15) is 0 Å². The van der Waals surface area contributed by atoms with Crippen LogP contribution in [-0.2, 0) is 32.6 Å². The lowest BCUT2D eigenvalue weighted by molar-refractivity contribution is -0.139. The van der Waals surface area contributed by atoms with Gasteiger partial charge in [-0.25, -0.2) is 8.42 Å². The minimum absolute atomic E-state index is 0.0212. The zero-order valence-corrected chi connectivity index (χ0v) is 24.6. The molecule has 1 unspecified atom stereocenters. The number of nitrogens with zero attached hydrogens (tertiary/aromatic N) is 2. The Bertz CT molecular complexity index is 1580. The molecule has 0 spiro atoms. The third-order valence-electron chi connectivity index (χ3n) is 6.48. The number of likely N-dealkylation sites (N-methyl/N-ethyl adjacent to an activating group) is 1. The fraction of sp³-hybridized carbons (Fsp3) is 0.161. The van der Waals surface area contributed by atoms with E-state index in [-0.39, 0.29) is 23.8 Å². The maximum Gasteiger partial charge on any atom is 0.264 e. The van der Waals surface area contributed by atoms with Crippen molar-refractivity contribution in [2.24, 2.45) is 0 Å². The molecule has 0 aliphatic carbocycles. The van der Waals surface area contributed by atoms with Crippen molar-refractivity contribution in [1.29, 1.82) is 0 Å². The molecule has 0 radical (unpaired) electrons. The minimum Gasteiger partial charge on any atom is -0.357 e.